The molecule has 10 rings (SSSR count). The minimum Gasteiger partial charge on any atom is -0.0619 e. The van der Waals surface area contributed by atoms with Gasteiger partial charge in [-0.25, -0.2) is 0 Å². The highest BCUT2D eigenvalue weighted by molar-refractivity contribution is 6.22. The molecule has 9 aromatic carbocycles. The Balaban J connectivity index is 1.22. The molecule has 1 aliphatic carbocycles. The fourth-order valence-corrected chi connectivity index (χ4v) is 8.59. The van der Waals surface area contributed by atoms with E-state index in [0.29, 0.717) is 0 Å². The van der Waals surface area contributed by atoms with E-state index in [1.807, 2.05) is 0 Å². The highest BCUT2D eigenvalue weighted by Crippen LogP contribution is 2.50. The third-order valence-corrected chi connectivity index (χ3v) is 10.8. The van der Waals surface area contributed by atoms with Gasteiger partial charge in [0.15, 0.2) is 0 Å². The molecule has 0 aliphatic heterocycles. The molecule has 9 aromatic rings. The average Bonchev–Trinajstić information content (AvgIpc) is 3.12. The van der Waals surface area contributed by atoms with Gasteiger partial charge in [0, 0.05) is 5.41 Å². The minimum atomic E-state index is -0.0609. The third kappa shape index (κ3) is 3.70. The lowest BCUT2D eigenvalue weighted by Gasteiger charge is -2.35. The number of hydrogen-bond acceptors (Lipinski definition) is 0. The maximum Gasteiger partial charge on any atom is 0.0159 e. The summed E-state index contributed by atoms with van der Waals surface area (Å²) in [5.41, 5.74) is 10.6. The fourth-order valence-electron chi connectivity index (χ4n) is 8.59. The lowest BCUT2D eigenvalue weighted by atomic mass is 9.68. The topological polar surface area (TPSA) is 0 Å². The van der Waals surface area contributed by atoms with Crippen molar-refractivity contribution in [2.24, 2.45) is 0 Å². The molecule has 47 heavy (non-hydrogen) atoms. The summed E-state index contributed by atoms with van der Waals surface area (Å²) in [5.74, 6) is 0. The predicted octanol–water partition coefficient (Wildman–Crippen LogP) is 13.1. The molecular formula is C47H32. The molecule has 0 spiro atoms. The molecule has 0 heteroatoms. The molecule has 0 fully saturated rings. The van der Waals surface area contributed by atoms with Crippen LogP contribution >= 0.6 is 0 Å². The van der Waals surface area contributed by atoms with Crippen molar-refractivity contribution in [3.8, 4) is 33.4 Å². The van der Waals surface area contributed by atoms with Gasteiger partial charge < -0.3 is 0 Å². The van der Waals surface area contributed by atoms with Gasteiger partial charge in [-0.2, -0.15) is 0 Å². The Morgan fingerprint density at radius 3 is 1.91 bits per heavy atom. The second-order valence-corrected chi connectivity index (χ2v) is 13.7. The molecule has 0 bridgehead atoms. The molecular weight excluding hydrogens is 565 g/mol. The number of benzene rings is 9. The Hall–Kier alpha value is -5.72. The van der Waals surface area contributed by atoms with Crippen molar-refractivity contribution in [1.82, 2.24) is 0 Å². The van der Waals surface area contributed by atoms with E-state index in [0.717, 1.165) is 0 Å². The predicted molar refractivity (Wildman–Crippen MR) is 202 cm³/mol. The Kier molecular flexibility index (Phi) is 5.44. The minimum absolute atomic E-state index is 0.0609. The maximum atomic E-state index is 2.40. The fraction of sp³-hybridized carbons (Fsp3) is 0.0638. The summed E-state index contributed by atoms with van der Waals surface area (Å²) >= 11 is 0. The van der Waals surface area contributed by atoms with Crippen LogP contribution < -0.4 is 0 Å². The van der Waals surface area contributed by atoms with Gasteiger partial charge in [0.1, 0.15) is 0 Å². The van der Waals surface area contributed by atoms with Crippen LogP contribution in [0.4, 0.5) is 0 Å². The summed E-state index contributed by atoms with van der Waals surface area (Å²) in [6, 6.07) is 58.9. The number of fused-ring (bicyclic) bond motifs is 7. The van der Waals surface area contributed by atoms with E-state index in [1.165, 1.54) is 98.4 Å². The molecule has 0 saturated heterocycles. The van der Waals surface area contributed by atoms with E-state index in [2.05, 4.69) is 172 Å². The van der Waals surface area contributed by atoms with Crippen LogP contribution in [0, 0.1) is 0 Å². The summed E-state index contributed by atoms with van der Waals surface area (Å²) in [7, 11) is 0. The Morgan fingerprint density at radius 2 is 1.00 bits per heavy atom. The molecule has 0 saturated carbocycles. The third-order valence-electron chi connectivity index (χ3n) is 10.8. The summed E-state index contributed by atoms with van der Waals surface area (Å²) in [5, 5.41) is 13.0. The summed E-state index contributed by atoms with van der Waals surface area (Å²) in [6.07, 6.45) is 0. The molecule has 220 valence electrons. The van der Waals surface area contributed by atoms with Gasteiger partial charge in [-0.05, 0) is 111 Å². The lowest BCUT2D eigenvalue weighted by molar-refractivity contribution is 0.645. The van der Waals surface area contributed by atoms with Crippen LogP contribution in [0.5, 0.6) is 0 Å². The van der Waals surface area contributed by atoms with Gasteiger partial charge in [0.25, 0.3) is 0 Å². The van der Waals surface area contributed by atoms with Crippen molar-refractivity contribution < 1.29 is 0 Å². The molecule has 1 aliphatic rings. The van der Waals surface area contributed by atoms with E-state index in [-0.39, 0.29) is 5.41 Å². The van der Waals surface area contributed by atoms with E-state index < -0.39 is 0 Å². The van der Waals surface area contributed by atoms with Crippen molar-refractivity contribution in [2.75, 3.05) is 0 Å². The van der Waals surface area contributed by atoms with Crippen molar-refractivity contribution in [2.45, 2.75) is 19.3 Å². The SMILES string of the molecule is CC1(C)c2ccccc2-c2cccc3c(-c4ccc5c(ccc6c(-c7cccc8ccccc78)c7ccccc7cc65)c4)ccc1c23. The molecule has 0 nitrogen and oxygen atoms in total. The van der Waals surface area contributed by atoms with Crippen LogP contribution in [0.25, 0.3) is 87.2 Å². The van der Waals surface area contributed by atoms with E-state index in [9.17, 15) is 0 Å². The lowest BCUT2D eigenvalue weighted by Crippen LogP contribution is -2.23. The first-order chi connectivity index (χ1) is 23.1. The second kappa shape index (κ2) is 9.64. The van der Waals surface area contributed by atoms with E-state index in [4.69, 9.17) is 0 Å². The smallest absolute Gasteiger partial charge is 0.0159 e. The highest BCUT2D eigenvalue weighted by atomic mass is 14.4. The van der Waals surface area contributed by atoms with Gasteiger partial charge in [-0.15, -0.1) is 0 Å². The zero-order valence-corrected chi connectivity index (χ0v) is 26.5. The zero-order valence-electron chi connectivity index (χ0n) is 26.5. The van der Waals surface area contributed by atoms with Crippen LogP contribution in [0.2, 0.25) is 0 Å². The molecule has 0 radical (unpaired) electrons. The van der Waals surface area contributed by atoms with Crippen LogP contribution in [0.1, 0.15) is 25.0 Å². The van der Waals surface area contributed by atoms with Gasteiger partial charge in [0.05, 0.1) is 0 Å². The maximum absolute atomic E-state index is 2.40. The number of hydrogen-bond donors (Lipinski definition) is 0. The number of rotatable bonds is 2. The van der Waals surface area contributed by atoms with Crippen LogP contribution in [-0.2, 0) is 5.41 Å². The zero-order chi connectivity index (χ0) is 31.3. The first-order valence-corrected chi connectivity index (χ1v) is 16.6. The molecule has 0 aromatic heterocycles. The molecule has 0 N–H and O–H groups in total. The Bertz CT molecular complexity index is 2750. The standard InChI is InChI=1S/C47H32/c1-47(2)43-20-8-7-16-37(43)40-19-10-18-39-34(25-26-44(47)46(39)40)31-21-23-35-32(27-31)22-24-41-42(35)28-30-12-4-6-15-36(30)45(41)38-17-9-13-29-11-3-5-14-33(29)38/h3-28H,1-2H3. The molecule has 0 amide bonds. The molecule has 0 heterocycles. The molecule has 0 unspecified atom stereocenters. The molecule has 0 atom stereocenters. The monoisotopic (exact) mass is 596 g/mol. The highest BCUT2D eigenvalue weighted by Gasteiger charge is 2.33. The first-order valence-electron chi connectivity index (χ1n) is 16.6. The first kappa shape index (κ1) is 26.5. The largest absolute Gasteiger partial charge is 0.0619 e. The van der Waals surface area contributed by atoms with Gasteiger partial charge in [-0.3, -0.25) is 0 Å². The Morgan fingerprint density at radius 1 is 0.340 bits per heavy atom. The summed E-state index contributed by atoms with van der Waals surface area (Å²) in [6.45, 7) is 4.74. The van der Waals surface area contributed by atoms with Crippen molar-refractivity contribution in [3.63, 3.8) is 0 Å². The average molecular weight is 597 g/mol. The summed E-state index contributed by atoms with van der Waals surface area (Å²) < 4.78 is 0. The van der Waals surface area contributed by atoms with Crippen LogP contribution in [0.15, 0.2) is 158 Å². The van der Waals surface area contributed by atoms with Gasteiger partial charge >= 0.3 is 0 Å². The summed E-state index contributed by atoms with van der Waals surface area (Å²) in [4.78, 5) is 0. The van der Waals surface area contributed by atoms with E-state index in [1.54, 1.807) is 0 Å². The van der Waals surface area contributed by atoms with Crippen molar-refractivity contribution in [3.05, 3.63) is 169 Å². The van der Waals surface area contributed by atoms with Crippen LogP contribution in [-0.4, -0.2) is 0 Å². The van der Waals surface area contributed by atoms with Crippen LogP contribution in [0.3, 0.4) is 0 Å². The van der Waals surface area contributed by atoms with Gasteiger partial charge in [0.2, 0.25) is 0 Å². The quantitative estimate of drug-likeness (QED) is 0.138. The van der Waals surface area contributed by atoms with Crippen molar-refractivity contribution in [1.29, 1.82) is 0 Å². The van der Waals surface area contributed by atoms with Gasteiger partial charge in [-0.1, -0.05) is 159 Å². The normalized spacial score (nSPS) is 13.5. The second-order valence-electron chi connectivity index (χ2n) is 13.7. The van der Waals surface area contributed by atoms with Crippen molar-refractivity contribution >= 4 is 53.9 Å². The Labute approximate surface area is 274 Å². The van der Waals surface area contributed by atoms with E-state index >= 15 is 0 Å².